The Balaban J connectivity index is 2.52. The predicted octanol–water partition coefficient (Wildman–Crippen LogP) is 0.489. The summed E-state index contributed by atoms with van der Waals surface area (Å²) < 4.78 is 0. The molecule has 5 nitrogen and oxygen atoms in total. The summed E-state index contributed by atoms with van der Waals surface area (Å²) in [4.78, 5) is 25.2. The number of nitrogens with one attached hydrogen (secondary N) is 1. The average molecular weight is 255 g/mol. The molecule has 0 aromatic rings. The molecule has 0 heterocycles. The lowest BCUT2D eigenvalue weighted by Crippen LogP contribution is -2.47. The van der Waals surface area contributed by atoms with E-state index in [1.165, 1.54) is 12.8 Å². The number of nitrogens with two attached hydrogens (primary N) is 1. The topological polar surface area (TPSA) is 75.4 Å². The first-order chi connectivity index (χ1) is 8.54. The molecule has 0 aliphatic heterocycles. The highest BCUT2D eigenvalue weighted by atomic mass is 16.2. The van der Waals surface area contributed by atoms with Crippen LogP contribution in [0.4, 0.5) is 0 Å². The van der Waals surface area contributed by atoms with Crippen LogP contribution in [0.1, 0.15) is 39.5 Å². The van der Waals surface area contributed by atoms with Crippen LogP contribution in [0.2, 0.25) is 0 Å². The molecule has 1 rings (SSSR count). The Labute approximate surface area is 109 Å². The lowest BCUT2D eigenvalue weighted by Gasteiger charge is -2.30. The van der Waals surface area contributed by atoms with E-state index in [4.69, 9.17) is 5.73 Å². The Morgan fingerprint density at radius 3 is 2.44 bits per heavy atom. The van der Waals surface area contributed by atoms with Gasteiger partial charge in [-0.3, -0.25) is 9.59 Å². The van der Waals surface area contributed by atoms with Crippen molar-refractivity contribution in [2.45, 2.75) is 45.6 Å². The number of carbonyl (C=O) groups is 2. The maximum atomic E-state index is 12.2. The van der Waals surface area contributed by atoms with Crippen LogP contribution in [0, 0.1) is 5.92 Å². The van der Waals surface area contributed by atoms with Crippen molar-refractivity contribution in [3.63, 3.8) is 0 Å². The third kappa shape index (κ3) is 4.64. The van der Waals surface area contributed by atoms with Crippen LogP contribution in [0.25, 0.3) is 0 Å². The molecule has 0 radical (unpaired) electrons. The second-order valence-corrected chi connectivity index (χ2v) is 5.36. The number of nitrogens with zero attached hydrogens (tertiary/aromatic N) is 1. The van der Waals surface area contributed by atoms with Gasteiger partial charge in [-0.05, 0) is 18.8 Å². The fourth-order valence-corrected chi connectivity index (χ4v) is 2.41. The normalized spacial score (nSPS) is 16.0. The van der Waals surface area contributed by atoms with Crippen molar-refractivity contribution in [1.82, 2.24) is 10.2 Å². The highest BCUT2D eigenvalue weighted by Gasteiger charge is 2.26. The minimum atomic E-state index is -0.278. The molecule has 1 saturated carbocycles. The van der Waals surface area contributed by atoms with E-state index >= 15 is 0 Å². The fourth-order valence-electron chi connectivity index (χ4n) is 2.41. The lowest BCUT2D eigenvalue weighted by atomic mass is 10.1. The zero-order chi connectivity index (χ0) is 13.5. The van der Waals surface area contributed by atoms with Crippen molar-refractivity contribution in [2.75, 3.05) is 19.6 Å². The standard InChI is InChI=1S/C13H25N3O2/c1-10(2)9-16(11-5-3-4-6-11)13(18)8-15-12(17)7-14/h10-11H,3-9,14H2,1-2H3,(H,15,17). The smallest absolute Gasteiger partial charge is 0.242 e. The second kappa shape index (κ2) is 7.36. The number of carbonyl (C=O) groups excluding carboxylic acids is 2. The van der Waals surface area contributed by atoms with E-state index in [-0.39, 0.29) is 24.9 Å². The van der Waals surface area contributed by atoms with Gasteiger partial charge in [0.15, 0.2) is 0 Å². The van der Waals surface area contributed by atoms with E-state index in [2.05, 4.69) is 19.2 Å². The van der Waals surface area contributed by atoms with Crippen molar-refractivity contribution >= 4 is 11.8 Å². The minimum Gasteiger partial charge on any atom is -0.346 e. The molecule has 0 bridgehead atoms. The van der Waals surface area contributed by atoms with E-state index in [0.29, 0.717) is 12.0 Å². The van der Waals surface area contributed by atoms with Crippen LogP contribution in [0.5, 0.6) is 0 Å². The molecule has 0 aromatic carbocycles. The summed E-state index contributed by atoms with van der Waals surface area (Å²) in [6.07, 6.45) is 4.57. The van der Waals surface area contributed by atoms with Crippen molar-refractivity contribution in [1.29, 1.82) is 0 Å². The van der Waals surface area contributed by atoms with Crippen LogP contribution in [-0.2, 0) is 9.59 Å². The van der Waals surface area contributed by atoms with Gasteiger partial charge in [0.2, 0.25) is 11.8 Å². The van der Waals surface area contributed by atoms with Gasteiger partial charge in [0.1, 0.15) is 0 Å². The summed E-state index contributed by atoms with van der Waals surface area (Å²) in [5.74, 6) is 0.177. The van der Waals surface area contributed by atoms with Crippen LogP contribution in [0.3, 0.4) is 0 Å². The van der Waals surface area contributed by atoms with Gasteiger partial charge in [-0.15, -0.1) is 0 Å². The Morgan fingerprint density at radius 2 is 1.94 bits per heavy atom. The molecule has 1 aliphatic rings. The molecule has 2 amide bonds. The minimum absolute atomic E-state index is 0.0115. The van der Waals surface area contributed by atoms with Gasteiger partial charge in [0.05, 0.1) is 13.1 Å². The molecule has 1 aliphatic carbocycles. The third-order valence-electron chi connectivity index (χ3n) is 3.27. The van der Waals surface area contributed by atoms with E-state index in [1.807, 2.05) is 4.90 Å². The number of hydrogen-bond acceptors (Lipinski definition) is 3. The zero-order valence-electron chi connectivity index (χ0n) is 11.4. The molecule has 3 N–H and O–H groups in total. The Morgan fingerprint density at radius 1 is 1.33 bits per heavy atom. The van der Waals surface area contributed by atoms with E-state index < -0.39 is 0 Å². The first-order valence-corrected chi connectivity index (χ1v) is 6.80. The van der Waals surface area contributed by atoms with Crippen LogP contribution in [0.15, 0.2) is 0 Å². The Hall–Kier alpha value is -1.10. The fraction of sp³-hybridized carbons (Fsp3) is 0.846. The molecular formula is C13H25N3O2. The number of hydrogen-bond donors (Lipinski definition) is 2. The molecule has 5 heteroatoms. The zero-order valence-corrected chi connectivity index (χ0v) is 11.4. The van der Waals surface area contributed by atoms with E-state index in [0.717, 1.165) is 19.4 Å². The maximum absolute atomic E-state index is 12.2. The number of amides is 2. The van der Waals surface area contributed by atoms with Crippen LogP contribution < -0.4 is 11.1 Å². The molecule has 18 heavy (non-hydrogen) atoms. The van der Waals surface area contributed by atoms with Crippen LogP contribution in [-0.4, -0.2) is 42.4 Å². The van der Waals surface area contributed by atoms with Crippen LogP contribution >= 0.6 is 0 Å². The highest BCUT2D eigenvalue weighted by molar-refractivity contribution is 5.85. The van der Waals surface area contributed by atoms with Crippen molar-refractivity contribution in [3.8, 4) is 0 Å². The SMILES string of the molecule is CC(C)CN(C(=O)CNC(=O)CN)C1CCCC1. The van der Waals surface area contributed by atoms with Gasteiger partial charge in [-0.1, -0.05) is 26.7 Å². The summed E-state index contributed by atoms with van der Waals surface area (Å²) in [6.45, 7) is 4.98. The molecule has 0 aromatic heterocycles. The van der Waals surface area contributed by atoms with E-state index in [9.17, 15) is 9.59 Å². The molecule has 0 saturated heterocycles. The summed E-state index contributed by atoms with van der Waals surface area (Å²) in [7, 11) is 0. The third-order valence-corrected chi connectivity index (χ3v) is 3.27. The summed E-state index contributed by atoms with van der Waals surface area (Å²) >= 11 is 0. The summed E-state index contributed by atoms with van der Waals surface area (Å²) in [5, 5.41) is 2.55. The van der Waals surface area contributed by atoms with Crippen molar-refractivity contribution in [3.05, 3.63) is 0 Å². The average Bonchev–Trinajstić information content (AvgIpc) is 2.85. The largest absolute Gasteiger partial charge is 0.346 e. The lowest BCUT2D eigenvalue weighted by molar-refractivity contribution is -0.135. The van der Waals surface area contributed by atoms with Crippen molar-refractivity contribution in [2.24, 2.45) is 11.7 Å². The van der Waals surface area contributed by atoms with Gasteiger partial charge < -0.3 is 16.0 Å². The summed E-state index contributed by atoms with van der Waals surface area (Å²) in [5.41, 5.74) is 5.20. The molecule has 104 valence electrons. The van der Waals surface area contributed by atoms with Gasteiger partial charge in [0.25, 0.3) is 0 Å². The molecule has 0 spiro atoms. The predicted molar refractivity (Wildman–Crippen MR) is 70.9 cm³/mol. The maximum Gasteiger partial charge on any atom is 0.242 e. The Bertz CT molecular complexity index is 286. The molecular weight excluding hydrogens is 230 g/mol. The van der Waals surface area contributed by atoms with Gasteiger partial charge in [-0.25, -0.2) is 0 Å². The van der Waals surface area contributed by atoms with E-state index in [1.54, 1.807) is 0 Å². The quantitative estimate of drug-likeness (QED) is 0.725. The second-order valence-electron chi connectivity index (χ2n) is 5.36. The molecule has 0 atom stereocenters. The molecule has 1 fully saturated rings. The first-order valence-electron chi connectivity index (χ1n) is 6.80. The molecule has 0 unspecified atom stereocenters. The monoisotopic (exact) mass is 255 g/mol. The van der Waals surface area contributed by atoms with Gasteiger partial charge >= 0.3 is 0 Å². The van der Waals surface area contributed by atoms with Crippen molar-refractivity contribution < 1.29 is 9.59 Å². The summed E-state index contributed by atoms with van der Waals surface area (Å²) in [6, 6.07) is 0.356. The van der Waals surface area contributed by atoms with Gasteiger partial charge in [-0.2, -0.15) is 0 Å². The number of rotatable bonds is 6. The highest BCUT2D eigenvalue weighted by Crippen LogP contribution is 2.24. The Kier molecular flexibility index (Phi) is 6.12. The first kappa shape index (κ1) is 15.0. The van der Waals surface area contributed by atoms with Gasteiger partial charge in [0, 0.05) is 12.6 Å².